The molecule has 0 saturated heterocycles. The van der Waals surface area contributed by atoms with Crippen LogP contribution in [0.25, 0.3) is 0 Å². The fourth-order valence-corrected chi connectivity index (χ4v) is 3.00. The molecule has 0 N–H and O–H groups in total. The van der Waals surface area contributed by atoms with Gasteiger partial charge in [0.25, 0.3) is 9.05 Å². The van der Waals surface area contributed by atoms with Crippen LogP contribution < -0.4 is 0 Å². The van der Waals surface area contributed by atoms with Gasteiger partial charge < -0.3 is 0 Å². The summed E-state index contributed by atoms with van der Waals surface area (Å²) in [6.07, 6.45) is 1.54. The van der Waals surface area contributed by atoms with Crippen molar-refractivity contribution in [3.63, 3.8) is 0 Å². The minimum atomic E-state index is -3.63. The molecule has 0 heterocycles. The van der Waals surface area contributed by atoms with Crippen molar-refractivity contribution in [1.82, 2.24) is 0 Å². The lowest BCUT2D eigenvalue weighted by atomic mass is 10.1. The highest BCUT2D eigenvalue weighted by molar-refractivity contribution is 9.10. The van der Waals surface area contributed by atoms with Gasteiger partial charge >= 0.3 is 0 Å². The van der Waals surface area contributed by atoms with Gasteiger partial charge in [-0.25, -0.2) is 8.42 Å². The number of benzene rings is 1. The fraction of sp³-hybridized carbons (Fsp3) is 0.400. The highest BCUT2D eigenvalue weighted by Gasteiger charge is 2.14. The van der Waals surface area contributed by atoms with Crippen LogP contribution in [0.15, 0.2) is 21.5 Å². The van der Waals surface area contributed by atoms with E-state index >= 15 is 0 Å². The van der Waals surface area contributed by atoms with Crippen LogP contribution in [0.5, 0.6) is 0 Å². The van der Waals surface area contributed by atoms with Gasteiger partial charge in [-0.1, -0.05) is 29.8 Å². The average molecular weight is 312 g/mol. The first-order chi connectivity index (χ1) is 6.90. The molecule has 0 aromatic heterocycles. The number of aryl methyl sites for hydroxylation is 2. The van der Waals surface area contributed by atoms with Crippen molar-refractivity contribution in [2.45, 2.75) is 31.6 Å². The predicted octanol–water partition coefficient (Wildman–Crippen LogP) is 3.50. The van der Waals surface area contributed by atoms with Crippen molar-refractivity contribution in [3.8, 4) is 0 Å². The van der Waals surface area contributed by atoms with E-state index in [0.717, 1.165) is 28.4 Å². The zero-order chi connectivity index (χ0) is 11.6. The molecule has 0 spiro atoms. The zero-order valence-corrected chi connectivity index (χ0v) is 11.7. The Bertz CT molecular complexity index is 443. The SMILES string of the molecule is CCc1cc(S(=O)(=O)Cl)cc(CC)c1Br. The van der Waals surface area contributed by atoms with Gasteiger partial charge in [-0.15, -0.1) is 0 Å². The van der Waals surface area contributed by atoms with Gasteiger partial charge in [-0.05, 0) is 36.1 Å². The second-order valence-corrected chi connectivity index (χ2v) is 6.56. The molecule has 0 saturated carbocycles. The fourth-order valence-electron chi connectivity index (χ4n) is 1.37. The summed E-state index contributed by atoms with van der Waals surface area (Å²) in [6, 6.07) is 3.23. The van der Waals surface area contributed by atoms with E-state index in [9.17, 15) is 8.42 Å². The first-order valence-corrected chi connectivity index (χ1v) is 7.76. The topological polar surface area (TPSA) is 34.1 Å². The van der Waals surface area contributed by atoms with Gasteiger partial charge in [0.2, 0.25) is 0 Å². The smallest absolute Gasteiger partial charge is 0.207 e. The van der Waals surface area contributed by atoms with E-state index < -0.39 is 9.05 Å². The van der Waals surface area contributed by atoms with Gasteiger partial charge in [0, 0.05) is 15.2 Å². The average Bonchev–Trinajstić information content (AvgIpc) is 2.16. The second kappa shape index (κ2) is 4.85. The molecule has 5 heteroatoms. The number of hydrogen-bond acceptors (Lipinski definition) is 2. The number of hydrogen-bond donors (Lipinski definition) is 0. The number of rotatable bonds is 3. The van der Waals surface area contributed by atoms with E-state index in [0.29, 0.717) is 0 Å². The summed E-state index contributed by atoms with van der Waals surface area (Å²) in [7, 11) is 1.69. The van der Waals surface area contributed by atoms with Crippen LogP contribution in [-0.4, -0.2) is 8.42 Å². The Labute approximate surface area is 103 Å². The van der Waals surface area contributed by atoms with E-state index in [1.165, 1.54) is 0 Å². The van der Waals surface area contributed by atoms with E-state index in [4.69, 9.17) is 10.7 Å². The lowest BCUT2D eigenvalue weighted by molar-refractivity contribution is 0.609. The van der Waals surface area contributed by atoms with Crippen LogP contribution in [0.1, 0.15) is 25.0 Å². The molecule has 1 aromatic carbocycles. The van der Waals surface area contributed by atoms with Crippen LogP contribution in [0.3, 0.4) is 0 Å². The summed E-state index contributed by atoms with van der Waals surface area (Å²) in [5, 5.41) is 0. The maximum Gasteiger partial charge on any atom is 0.261 e. The molecule has 0 atom stereocenters. The summed E-state index contributed by atoms with van der Waals surface area (Å²) in [4.78, 5) is 0.182. The first-order valence-electron chi connectivity index (χ1n) is 4.66. The third-order valence-corrected chi connectivity index (χ3v) is 4.59. The van der Waals surface area contributed by atoms with Gasteiger partial charge in [0.15, 0.2) is 0 Å². The van der Waals surface area contributed by atoms with Crippen molar-refractivity contribution in [3.05, 3.63) is 27.7 Å². The Balaban J connectivity index is 3.47. The lowest BCUT2D eigenvalue weighted by Gasteiger charge is -2.09. The summed E-state index contributed by atoms with van der Waals surface area (Å²) in [6.45, 7) is 3.95. The van der Waals surface area contributed by atoms with Crippen molar-refractivity contribution < 1.29 is 8.42 Å². The molecule has 84 valence electrons. The van der Waals surface area contributed by atoms with Crippen molar-refractivity contribution in [2.75, 3.05) is 0 Å². The maximum atomic E-state index is 11.2. The van der Waals surface area contributed by atoms with Gasteiger partial charge in [-0.2, -0.15) is 0 Å². The molecule has 1 aromatic rings. The third-order valence-electron chi connectivity index (χ3n) is 2.24. The second-order valence-electron chi connectivity index (χ2n) is 3.20. The molecule has 2 nitrogen and oxygen atoms in total. The van der Waals surface area contributed by atoms with Crippen molar-refractivity contribution in [2.24, 2.45) is 0 Å². The van der Waals surface area contributed by atoms with E-state index in [2.05, 4.69) is 15.9 Å². The molecule has 0 amide bonds. The van der Waals surface area contributed by atoms with Crippen LogP contribution in [0.4, 0.5) is 0 Å². The Morgan fingerprint density at radius 3 is 1.87 bits per heavy atom. The largest absolute Gasteiger partial charge is 0.261 e. The molecule has 0 aliphatic heterocycles. The van der Waals surface area contributed by atoms with Crippen molar-refractivity contribution in [1.29, 1.82) is 0 Å². The quantitative estimate of drug-likeness (QED) is 0.801. The summed E-state index contributed by atoms with van der Waals surface area (Å²) in [5.41, 5.74) is 1.93. The van der Waals surface area contributed by atoms with E-state index in [1.807, 2.05) is 13.8 Å². The molecule has 0 aliphatic rings. The summed E-state index contributed by atoms with van der Waals surface area (Å²) >= 11 is 3.46. The molecule has 0 aliphatic carbocycles. The standard InChI is InChI=1S/C10H12BrClO2S/c1-3-7-5-9(15(12,13)14)6-8(4-2)10(7)11/h5-6H,3-4H2,1-2H3. The summed E-state index contributed by atoms with van der Waals surface area (Å²) < 4.78 is 23.4. The molecule has 1 rings (SSSR count). The van der Waals surface area contributed by atoms with E-state index in [1.54, 1.807) is 12.1 Å². The minimum absolute atomic E-state index is 0.182. The highest BCUT2D eigenvalue weighted by Crippen LogP contribution is 2.28. The maximum absolute atomic E-state index is 11.2. The molecular weight excluding hydrogens is 300 g/mol. The lowest BCUT2D eigenvalue weighted by Crippen LogP contribution is -1.97. The third kappa shape index (κ3) is 2.95. The molecule has 15 heavy (non-hydrogen) atoms. The Hall–Kier alpha value is -0.0600. The Morgan fingerprint density at radius 1 is 1.20 bits per heavy atom. The minimum Gasteiger partial charge on any atom is -0.207 e. The monoisotopic (exact) mass is 310 g/mol. The van der Waals surface area contributed by atoms with Crippen molar-refractivity contribution >= 4 is 35.7 Å². The molecule has 0 bridgehead atoms. The molecule has 0 fully saturated rings. The predicted molar refractivity (Wildman–Crippen MR) is 65.9 cm³/mol. The van der Waals surface area contributed by atoms with Crippen LogP contribution in [0, 0.1) is 0 Å². The van der Waals surface area contributed by atoms with Crippen LogP contribution >= 0.6 is 26.6 Å². The Morgan fingerprint density at radius 2 is 1.60 bits per heavy atom. The van der Waals surface area contributed by atoms with Gasteiger partial charge in [-0.3, -0.25) is 0 Å². The Kier molecular flexibility index (Phi) is 4.20. The van der Waals surface area contributed by atoms with Gasteiger partial charge in [0.1, 0.15) is 0 Å². The van der Waals surface area contributed by atoms with Crippen LogP contribution in [0.2, 0.25) is 0 Å². The molecule has 0 radical (unpaired) electrons. The number of halogens is 2. The first kappa shape index (κ1) is 13.0. The molecular formula is C10H12BrClO2S. The van der Waals surface area contributed by atoms with Gasteiger partial charge in [0.05, 0.1) is 4.90 Å². The normalized spacial score (nSPS) is 11.7. The van der Waals surface area contributed by atoms with E-state index in [-0.39, 0.29) is 4.90 Å². The highest BCUT2D eigenvalue weighted by atomic mass is 79.9. The molecule has 0 unspecified atom stereocenters. The van der Waals surface area contributed by atoms with Crippen LogP contribution in [-0.2, 0) is 21.9 Å². The zero-order valence-electron chi connectivity index (χ0n) is 8.55. The summed E-state index contributed by atoms with van der Waals surface area (Å²) in [5.74, 6) is 0.